The van der Waals surface area contributed by atoms with Crippen LogP contribution in [0, 0.1) is 11.7 Å². The Bertz CT molecular complexity index is 949. The Morgan fingerprint density at radius 1 is 1.12 bits per heavy atom. The minimum absolute atomic E-state index is 0.00375. The largest absolute Gasteiger partial charge is 0.356 e. The van der Waals surface area contributed by atoms with Crippen molar-refractivity contribution in [1.82, 2.24) is 15.1 Å². The lowest BCUT2D eigenvalue weighted by molar-refractivity contribution is -0.132. The average molecular weight is 480 g/mol. The van der Waals surface area contributed by atoms with E-state index in [1.165, 1.54) is 6.07 Å². The minimum atomic E-state index is -0.246. The van der Waals surface area contributed by atoms with Gasteiger partial charge >= 0.3 is 0 Å². The molecule has 1 fully saturated rings. The first kappa shape index (κ1) is 24.5. The zero-order valence-electron chi connectivity index (χ0n) is 18.1. The second-order valence-corrected chi connectivity index (χ2v) is 9.00. The van der Waals surface area contributed by atoms with Gasteiger partial charge in [0.05, 0.1) is 16.6 Å². The van der Waals surface area contributed by atoms with Crippen LogP contribution in [0.1, 0.15) is 24.0 Å². The topological polar surface area (TPSA) is 52.7 Å². The lowest BCUT2D eigenvalue weighted by Crippen LogP contribution is -2.45. The van der Waals surface area contributed by atoms with Crippen LogP contribution in [0.3, 0.4) is 0 Å². The highest BCUT2D eigenvalue weighted by molar-refractivity contribution is 6.42. The summed E-state index contributed by atoms with van der Waals surface area (Å²) in [6.07, 6.45) is 1.88. The van der Waals surface area contributed by atoms with Gasteiger partial charge in [-0.3, -0.25) is 14.5 Å². The van der Waals surface area contributed by atoms with Crippen LogP contribution >= 0.6 is 23.2 Å². The Kier molecular flexibility index (Phi) is 8.91. The van der Waals surface area contributed by atoms with Crippen molar-refractivity contribution in [2.45, 2.75) is 25.8 Å². The SMILES string of the molecule is CN(Cc1ccc(Cl)c(Cl)c1)C(=O)CN1CCC(C(=O)NCCc2ccccc2F)CC1. The summed E-state index contributed by atoms with van der Waals surface area (Å²) < 4.78 is 13.7. The Morgan fingerprint density at radius 2 is 1.84 bits per heavy atom. The number of hydrogen-bond donors (Lipinski definition) is 1. The van der Waals surface area contributed by atoms with Gasteiger partial charge in [0.1, 0.15) is 5.82 Å². The fourth-order valence-electron chi connectivity index (χ4n) is 3.83. The third-order valence-electron chi connectivity index (χ3n) is 5.80. The van der Waals surface area contributed by atoms with Crippen LogP contribution in [0.5, 0.6) is 0 Å². The van der Waals surface area contributed by atoms with Crippen molar-refractivity contribution in [3.8, 4) is 0 Å². The molecule has 0 atom stereocenters. The molecule has 0 saturated carbocycles. The Morgan fingerprint density at radius 3 is 2.53 bits per heavy atom. The van der Waals surface area contributed by atoms with Gasteiger partial charge in [-0.15, -0.1) is 0 Å². The normalized spacial score (nSPS) is 14.9. The second kappa shape index (κ2) is 11.6. The van der Waals surface area contributed by atoms with Crippen molar-refractivity contribution in [3.05, 3.63) is 69.5 Å². The molecule has 2 aromatic rings. The highest BCUT2D eigenvalue weighted by Gasteiger charge is 2.26. The zero-order chi connectivity index (χ0) is 23.1. The van der Waals surface area contributed by atoms with Gasteiger partial charge in [-0.05, 0) is 61.7 Å². The molecule has 0 spiro atoms. The summed E-state index contributed by atoms with van der Waals surface area (Å²) in [7, 11) is 1.76. The van der Waals surface area contributed by atoms with Gasteiger partial charge in [-0.2, -0.15) is 0 Å². The number of nitrogens with one attached hydrogen (secondary N) is 1. The first-order valence-electron chi connectivity index (χ1n) is 10.7. The number of carbonyl (C=O) groups excluding carboxylic acids is 2. The smallest absolute Gasteiger partial charge is 0.236 e. The van der Waals surface area contributed by atoms with Crippen molar-refractivity contribution in [1.29, 1.82) is 0 Å². The van der Waals surface area contributed by atoms with E-state index < -0.39 is 0 Å². The zero-order valence-corrected chi connectivity index (χ0v) is 19.6. The molecule has 8 heteroatoms. The standard InChI is InChI=1S/C24H28Cl2FN3O2/c1-29(15-17-6-7-20(25)21(26)14-17)23(31)16-30-12-9-19(10-13-30)24(32)28-11-8-18-4-2-3-5-22(18)27/h2-7,14,19H,8-13,15-16H2,1H3,(H,28,32). The Labute approximate surface area is 198 Å². The van der Waals surface area contributed by atoms with Gasteiger partial charge in [-0.1, -0.05) is 47.5 Å². The number of likely N-dealkylation sites (tertiary alicyclic amines) is 1. The van der Waals surface area contributed by atoms with Crippen LogP contribution in [0.2, 0.25) is 10.0 Å². The van der Waals surface area contributed by atoms with Crippen LogP contribution in [0.25, 0.3) is 0 Å². The maximum atomic E-state index is 13.7. The summed E-state index contributed by atoms with van der Waals surface area (Å²) in [5, 5.41) is 3.88. The van der Waals surface area contributed by atoms with E-state index in [1.807, 2.05) is 6.07 Å². The van der Waals surface area contributed by atoms with E-state index in [0.717, 1.165) is 5.56 Å². The molecule has 0 aromatic heterocycles. The summed E-state index contributed by atoms with van der Waals surface area (Å²) in [6.45, 7) is 2.57. The predicted octanol–water partition coefficient (Wildman–Crippen LogP) is 4.16. The molecule has 0 radical (unpaired) electrons. The van der Waals surface area contributed by atoms with Crippen molar-refractivity contribution >= 4 is 35.0 Å². The monoisotopic (exact) mass is 479 g/mol. The summed E-state index contributed by atoms with van der Waals surface area (Å²) in [6, 6.07) is 12.0. The predicted molar refractivity (Wildman–Crippen MR) is 125 cm³/mol. The van der Waals surface area contributed by atoms with E-state index in [2.05, 4.69) is 10.2 Å². The summed E-state index contributed by atoms with van der Waals surface area (Å²) >= 11 is 12.0. The number of hydrogen-bond acceptors (Lipinski definition) is 3. The van der Waals surface area contributed by atoms with Crippen molar-refractivity contribution in [3.63, 3.8) is 0 Å². The highest BCUT2D eigenvalue weighted by Crippen LogP contribution is 2.23. The van der Waals surface area contributed by atoms with Gasteiger partial charge in [0, 0.05) is 26.1 Å². The van der Waals surface area contributed by atoms with Gasteiger partial charge in [-0.25, -0.2) is 4.39 Å². The quantitative estimate of drug-likeness (QED) is 0.618. The number of halogens is 3. The van der Waals surface area contributed by atoms with E-state index in [9.17, 15) is 14.0 Å². The first-order chi connectivity index (χ1) is 15.3. The molecule has 5 nitrogen and oxygen atoms in total. The maximum absolute atomic E-state index is 13.7. The second-order valence-electron chi connectivity index (χ2n) is 8.18. The van der Waals surface area contributed by atoms with Gasteiger partial charge < -0.3 is 10.2 Å². The van der Waals surface area contributed by atoms with Crippen LogP contribution < -0.4 is 5.32 Å². The molecule has 0 aliphatic carbocycles. The fraction of sp³-hybridized carbons (Fsp3) is 0.417. The molecule has 1 heterocycles. The van der Waals surface area contributed by atoms with E-state index >= 15 is 0 Å². The Hall–Kier alpha value is -2.15. The number of benzene rings is 2. The van der Waals surface area contributed by atoms with Gasteiger partial charge in [0.25, 0.3) is 0 Å². The van der Waals surface area contributed by atoms with Crippen molar-refractivity contribution in [2.75, 3.05) is 33.2 Å². The number of nitrogens with zero attached hydrogens (tertiary/aromatic N) is 2. The molecule has 1 saturated heterocycles. The van der Waals surface area contributed by atoms with Gasteiger partial charge in [0.15, 0.2) is 0 Å². The molecule has 172 valence electrons. The van der Waals surface area contributed by atoms with Crippen LogP contribution in [-0.2, 0) is 22.6 Å². The molecule has 1 aliphatic heterocycles. The molecule has 0 bridgehead atoms. The van der Waals surface area contributed by atoms with Crippen molar-refractivity contribution in [2.24, 2.45) is 5.92 Å². The van der Waals surface area contributed by atoms with Crippen LogP contribution in [0.15, 0.2) is 42.5 Å². The van der Waals surface area contributed by atoms with E-state index in [4.69, 9.17) is 23.2 Å². The number of amides is 2. The molecule has 32 heavy (non-hydrogen) atoms. The molecular weight excluding hydrogens is 452 g/mol. The van der Waals surface area contributed by atoms with E-state index in [0.29, 0.717) is 67.6 Å². The van der Waals surface area contributed by atoms with Crippen LogP contribution in [0.4, 0.5) is 4.39 Å². The molecule has 2 amide bonds. The molecule has 1 aliphatic rings. The lowest BCUT2D eigenvalue weighted by Gasteiger charge is -2.32. The lowest BCUT2D eigenvalue weighted by atomic mass is 9.96. The highest BCUT2D eigenvalue weighted by atomic mass is 35.5. The maximum Gasteiger partial charge on any atom is 0.236 e. The molecule has 2 aromatic carbocycles. The number of carbonyl (C=O) groups is 2. The van der Waals surface area contributed by atoms with Crippen LogP contribution in [-0.4, -0.2) is 54.8 Å². The number of piperidine rings is 1. The Balaban J connectivity index is 1.38. The molecule has 1 N–H and O–H groups in total. The minimum Gasteiger partial charge on any atom is -0.356 e. The molecular formula is C24H28Cl2FN3O2. The first-order valence-corrected chi connectivity index (χ1v) is 11.5. The van der Waals surface area contributed by atoms with E-state index in [-0.39, 0.29) is 23.5 Å². The number of likely N-dealkylation sites (N-methyl/N-ethyl adjacent to an activating group) is 1. The summed E-state index contributed by atoms with van der Waals surface area (Å²) in [5.74, 6) is -0.298. The summed E-state index contributed by atoms with van der Waals surface area (Å²) in [5.41, 5.74) is 1.52. The van der Waals surface area contributed by atoms with Gasteiger partial charge in [0.2, 0.25) is 11.8 Å². The van der Waals surface area contributed by atoms with E-state index in [1.54, 1.807) is 42.3 Å². The average Bonchev–Trinajstić information content (AvgIpc) is 2.78. The third-order valence-corrected chi connectivity index (χ3v) is 6.54. The molecule has 3 rings (SSSR count). The third kappa shape index (κ3) is 6.92. The molecule has 0 unspecified atom stereocenters. The summed E-state index contributed by atoms with van der Waals surface area (Å²) in [4.78, 5) is 28.8. The fourth-order valence-corrected chi connectivity index (χ4v) is 4.15. The van der Waals surface area contributed by atoms with Crippen molar-refractivity contribution < 1.29 is 14.0 Å². The number of rotatable bonds is 8.